The molecule has 192 valence electrons. The number of benzene rings is 5. The summed E-state index contributed by atoms with van der Waals surface area (Å²) in [5, 5.41) is 0. The minimum absolute atomic E-state index is 0.244. The van der Waals surface area contributed by atoms with Gasteiger partial charge in [0.05, 0.1) is 5.69 Å². The van der Waals surface area contributed by atoms with Crippen LogP contribution in [0.15, 0.2) is 158 Å². The van der Waals surface area contributed by atoms with E-state index in [1.54, 1.807) is 0 Å². The molecule has 2 N–H and O–H groups in total. The van der Waals surface area contributed by atoms with E-state index in [0.717, 1.165) is 44.9 Å². The number of nitrogens with one attached hydrogen (secondary N) is 2. The van der Waals surface area contributed by atoms with Crippen molar-refractivity contribution in [1.29, 1.82) is 0 Å². The number of rotatable bonds is 7. The average Bonchev–Trinajstić information content (AvgIpc) is 3.05. The maximum atomic E-state index is 13.9. The van der Waals surface area contributed by atoms with Crippen LogP contribution in [0.1, 0.15) is 10.5 Å². The minimum atomic E-state index is -0.244. The maximum absolute atomic E-state index is 13.9. The zero-order valence-corrected chi connectivity index (χ0v) is 21.9. The lowest BCUT2D eigenvalue weighted by Gasteiger charge is -2.13. The Morgan fingerprint density at radius 2 is 0.950 bits per heavy atom. The highest BCUT2D eigenvalue weighted by Crippen LogP contribution is 2.27. The second kappa shape index (κ2) is 11.5. The van der Waals surface area contributed by atoms with Crippen molar-refractivity contribution in [3.63, 3.8) is 0 Å². The van der Waals surface area contributed by atoms with Crippen molar-refractivity contribution in [2.75, 3.05) is 5.43 Å². The molecule has 0 aliphatic carbocycles. The molecule has 6 aromatic rings. The molecule has 4 heteroatoms. The molecule has 0 spiro atoms. The van der Waals surface area contributed by atoms with Crippen LogP contribution in [0.5, 0.6) is 0 Å². The lowest BCUT2D eigenvalue weighted by molar-refractivity contribution is -0.586. The molecule has 0 unspecified atom stereocenters. The Bertz CT molecular complexity index is 1720. The summed E-state index contributed by atoms with van der Waals surface area (Å²) < 4.78 is 2.03. The van der Waals surface area contributed by atoms with E-state index in [4.69, 9.17) is 0 Å². The lowest BCUT2D eigenvalue weighted by atomic mass is 10.00. The number of anilines is 1. The van der Waals surface area contributed by atoms with Crippen molar-refractivity contribution in [3.8, 4) is 39.2 Å². The Morgan fingerprint density at radius 3 is 1.52 bits per heavy atom. The summed E-state index contributed by atoms with van der Waals surface area (Å²) in [4.78, 5) is 13.9. The molecule has 0 atom stereocenters. The monoisotopic (exact) mass is 518 g/mol. The van der Waals surface area contributed by atoms with E-state index in [0.29, 0.717) is 5.69 Å². The van der Waals surface area contributed by atoms with Crippen molar-refractivity contribution < 1.29 is 9.36 Å². The van der Waals surface area contributed by atoms with Gasteiger partial charge in [0.2, 0.25) is 11.4 Å². The topological polar surface area (TPSA) is 45.0 Å². The smallest absolute Gasteiger partial charge is 0.298 e. The number of aromatic nitrogens is 1. The van der Waals surface area contributed by atoms with Crippen LogP contribution < -0.4 is 15.4 Å². The quantitative estimate of drug-likeness (QED) is 0.168. The van der Waals surface area contributed by atoms with E-state index in [9.17, 15) is 4.79 Å². The highest BCUT2D eigenvalue weighted by molar-refractivity contribution is 5.93. The summed E-state index contributed by atoms with van der Waals surface area (Å²) in [6.45, 7) is 0. The van der Waals surface area contributed by atoms with Gasteiger partial charge in [-0.15, -0.1) is 4.57 Å². The van der Waals surface area contributed by atoms with Crippen LogP contribution in [0.3, 0.4) is 0 Å². The lowest BCUT2D eigenvalue weighted by Crippen LogP contribution is -2.45. The first-order chi connectivity index (χ1) is 19.8. The number of carbonyl (C=O) groups excluding carboxylic acids is 1. The second-order valence-corrected chi connectivity index (χ2v) is 9.44. The van der Waals surface area contributed by atoms with Gasteiger partial charge in [0.25, 0.3) is 5.69 Å². The number of amides is 1. The van der Waals surface area contributed by atoms with Crippen molar-refractivity contribution in [2.45, 2.75) is 0 Å². The van der Waals surface area contributed by atoms with Crippen molar-refractivity contribution in [1.82, 2.24) is 5.43 Å². The second-order valence-electron chi connectivity index (χ2n) is 9.44. The molecule has 0 fully saturated rings. The third kappa shape index (κ3) is 5.38. The van der Waals surface area contributed by atoms with E-state index in [1.807, 2.05) is 95.6 Å². The molecule has 0 aliphatic heterocycles. The molecule has 0 saturated heterocycles. The molecule has 5 aromatic carbocycles. The molecule has 0 radical (unpaired) electrons. The van der Waals surface area contributed by atoms with Crippen LogP contribution in [0.4, 0.5) is 5.69 Å². The summed E-state index contributed by atoms with van der Waals surface area (Å²) in [6.07, 6.45) is 0. The highest BCUT2D eigenvalue weighted by Gasteiger charge is 2.28. The normalized spacial score (nSPS) is 10.6. The van der Waals surface area contributed by atoms with Gasteiger partial charge in [-0.3, -0.25) is 15.6 Å². The zero-order valence-electron chi connectivity index (χ0n) is 21.9. The van der Waals surface area contributed by atoms with Gasteiger partial charge in [0.15, 0.2) is 0 Å². The molecular weight excluding hydrogens is 490 g/mol. The molecule has 40 heavy (non-hydrogen) atoms. The summed E-state index contributed by atoms with van der Waals surface area (Å²) in [7, 11) is 0. The Balaban J connectivity index is 1.51. The number of pyridine rings is 1. The van der Waals surface area contributed by atoms with Crippen LogP contribution in [0.25, 0.3) is 39.2 Å². The van der Waals surface area contributed by atoms with E-state index in [1.165, 1.54) is 0 Å². The average molecular weight is 519 g/mol. The van der Waals surface area contributed by atoms with E-state index < -0.39 is 0 Å². The van der Waals surface area contributed by atoms with Crippen LogP contribution in [-0.2, 0) is 0 Å². The molecule has 0 bridgehead atoms. The van der Waals surface area contributed by atoms with E-state index in [2.05, 4.69) is 77.6 Å². The van der Waals surface area contributed by atoms with Gasteiger partial charge in [0, 0.05) is 29.8 Å². The van der Waals surface area contributed by atoms with Gasteiger partial charge in [-0.2, -0.15) is 0 Å². The third-order valence-corrected chi connectivity index (χ3v) is 6.80. The number of hydrogen-bond donors (Lipinski definition) is 2. The van der Waals surface area contributed by atoms with Crippen molar-refractivity contribution in [2.24, 2.45) is 0 Å². The maximum Gasteiger partial charge on any atom is 0.334 e. The predicted octanol–water partition coefficient (Wildman–Crippen LogP) is 7.72. The number of carbonyl (C=O) groups is 1. The largest absolute Gasteiger partial charge is 0.334 e. The minimum Gasteiger partial charge on any atom is -0.298 e. The highest BCUT2D eigenvalue weighted by atomic mass is 16.2. The third-order valence-electron chi connectivity index (χ3n) is 6.80. The van der Waals surface area contributed by atoms with Crippen LogP contribution >= 0.6 is 0 Å². The SMILES string of the molecule is O=C(NNc1ccccc1)c1cc(-c2ccccc2)cc(-c2ccccc2)[n+]1-c1ccc(-c2ccccc2)cc1. The summed E-state index contributed by atoms with van der Waals surface area (Å²) >= 11 is 0. The summed E-state index contributed by atoms with van der Waals surface area (Å²) in [5.41, 5.74) is 14.4. The van der Waals surface area contributed by atoms with E-state index in [-0.39, 0.29) is 5.91 Å². The molecule has 4 nitrogen and oxygen atoms in total. The van der Waals surface area contributed by atoms with Crippen LogP contribution in [-0.4, -0.2) is 5.91 Å². The van der Waals surface area contributed by atoms with Gasteiger partial charge in [-0.1, -0.05) is 97.1 Å². The van der Waals surface area contributed by atoms with Gasteiger partial charge < -0.3 is 0 Å². The Hall–Kier alpha value is -5.48. The Labute approximate surface area is 234 Å². The number of nitrogens with zero attached hydrogens (tertiary/aromatic N) is 1. The van der Waals surface area contributed by atoms with Crippen LogP contribution in [0.2, 0.25) is 0 Å². The fraction of sp³-hybridized carbons (Fsp3) is 0. The van der Waals surface area contributed by atoms with E-state index >= 15 is 0 Å². The predicted molar refractivity (Wildman–Crippen MR) is 162 cm³/mol. The zero-order chi connectivity index (χ0) is 27.1. The Kier molecular flexibility index (Phi) is 7.14. The Morgan fingerprint density at radius 1 is 0.475 bits per heavy atom. The summed E-state index contributed by atoms with van der Waals surface area (Å²) in [6, 6.07) is 52.7. The standard InChI is InChI=1S/C36H27N3O/c40-36(38-37-32-19-11-4-12-20-32)35-26-31(28-15-7-2-8-16-28)25-34(30-17-9-3-10-18-30)39(35)33-23-21-29(22-24-33)27-13-5-1-6-14-27/h1-26,40H/p+1. The van der Waals surface area contributed by atoms with Gasteiger partial charge in [0.1, 0.15) is 0 Å². The molecule has 1 aromatic heterocycles. The first-order valence-electron chi connectivity index (χ1n) is 13.2. The number of hydrazine groups is 1. The molecule has 1 amide bonds. The molecular formula is C36H28N3O+. The van der Waals surface area contributed by atoms with Gasteiger partial charge in [-0.05, 0) is 58.7 Å². The molecule has 0 saturated carbocycles. The fourth-order valence-electron chi connectivity index (χ4n) is 4.81. The van der Waals surface area contributed by atoms with Gasteiger partial charge >= 0.3 is 5.91 Å². The molecule has 1 heterocycles. The molecule has 0 aliphatic rings. The van der Waals surface area contributed by atoms with Crippen molar-refractivity contribution >= 4 is 11.6 Å². The first-order valence-corrected chi connectivity index (χ1v) is 13.2. The molecule has 6 rings (SSSR count). The first kappa shape index (κ1) is 24.8. The van der Waals surface area contributed by atoms with Crippen molar-refractivity contribution in [3.05, 3.63) is 163 Å². The number of para-hydroxylation sites is 1. The summed E-state index contributed by atoms with van der Waals surface area (Å²) in [5.74, 6) is -0.244. The van der Waals surface area contributed by atoms with Gasteiger partial charge in [-0.25, -0.2) is 0 Å². The van der Waals surface area contributed by atoms with Crippen LogP contribution in [0, 0.1) is 0 Å². The number of hydrogen-bond acceptors (Lipinski definition) is 2. The fourth-order valence-corrected chi connectivity index (χ4v) is 4.81.